The molecule has 2 N–H and O–H groups in total. The van der Waals surface area contributed by atoms with Gasteiger partial charge in [0.1, 0.15) is 0 Å². The van der Waals surface area contributed by atoms with Gasteiger partial charge in [0, 0.05) is 25.6 Å². The van der Waals surface area contributed by atoms with E-state index in [9.17, 15) is 0 Å². The summed E-state index contributed by atoms with van der Waals surface area (Å²) in [7, 11) is 0. The first kappa shape index (κ1) is 10.3. The summed E-state index contributed by atoms with van der Waals surface area (Å²) in [5, 5.41) is 25.8. The highest BCUT2D eigenvalue weighted by atomic mass is 16.3. The molecule has 1 atom stereocenters. The zero-order valence-corrected chi connectivity index (χ0v) is 8.50. The standard InChI is InChI=1S/C10H15N3O2/c14-6-8-3-4-13(5-8)10-2-1-9(7-15)11-12-10/h1-2,8,14-15H,3-7H2. The smallest absolute Gasteiger partial charge is 0.151 e. The van der Waals surface area contributed by atoms with Gasteiger partial charge in [-0.15, -0.1) is 5.10 Å². The minimum atomic E-state index is -0.0768. The Morgan fingerprint density at radius 3 is 2.73 bits per heavy atom. The van der Waals surface area contributed by atoms with Crippen LogP contribution in [0.25, 0.3) is 0 Å². The van der Waals surface area contributed by atoms with Gasteiger partial charge in [-0.3, -0.25) is 0 Å². The maximum Gasteiger partial charge on any atom is 0.151 e. The third-order valence-electron chi connectivity index (χ3n) is 2.74. The van der Waals surface area contributed by atoms with E-state index in [1.165, 1.54) is 0 Å². The lowest BCUT2D eigenvalue weighted by atomic mass is 10.1. The highest BCUT2D eigenvalue weighted by Gasteiger charge is 2.22. The molecule has 0 saturated carbocycles. The number of hydrogen-bond donors (Lipinski definition) is 2. The molecule has 1 aromatic heterocycles. The highest BCUT2D eigenvalue weighted by molar-refractivity contribution is 5.38. The quantitative estimate of drug-likeness (QED) is 0.720. The van der Waals surface area contributed by atoms with Crippen LogP contribution in [-0.4, -0.2) is 40.1 Å². The van der Waals surface area contributed by atoms with E-state index in [2.05, 4.69) is 15.1 Å². The summed E-state index contributed by atoms with van der Waals surface area (Å²) in [5.74, 6) is 1.17. The van der Waals surface area contributed by atoms with Gasteiger partial charge in [0.2, 0.25) is 0 Å². The Labute approximate surface area is 88.4 Å². The van der Waals surface area contributed by atoms with Crippen molar-refractivity contribution in [3.05, 3.63) is 17.8 Å². The molecule has 2 heterocycles. The van der Waals surface area contributed by atoms with E-state index in [0.29, 0.717) is 11.6 Å². The predicted molar refractivity (Wildman–Crippen MR) is 55.4 cm³/mol. The summed E-state index contributed by atoms with van der Waals surface area (Å²) in [6.45, 7) is 1.91. The molecule has 1 aromatic rings. The summed E-state index contributed by atoms with van der Waals surface area (Å²) in [6, 6.07) is 3.63. The van der Waals surface area contributed by atoms with Gasteiger partial charge < -0.3 is 15.1 Å². The lowest BCUT2D eigenvalue weighted by Gasteiger charge is -2.16. The summed E-state index contributed by atoms with van der Waals surface area (Å²) in [6.07, 6.45) is 1.000. The SMILES string of the molecule is OCc1ccc(N2CCC(CO)C2)nn1. The number of aliphatic hydroxyl groups excluding tert-OH is 2. The molecule has 1 aliphatic heterocycles. The van der Waals surface area contributed by atoms with E-state index in [-0.39, 0.29) is 13.2 Å². The lowest BCUT2D eigenvalue weighted by molar-refractivity contribution is 0.238. The summed E-state index contributed by atoms with van der Waals surface area (Å²) >= 11 is 0. The monoisotopic (exact) mass is 209 g/mol. The van der Waals surface area contributed by atoms with Crippen LogP contribution in [0, 0.1) is 5.92 Å². The van der Waals surface area contributed by atoms with Gasteiger partial charge >= 0.3 is 0 Å². The first-order valence-electron chi connectivity index (χ1n) is 5.12. The topological polar surface area (TPSA) is 69.5 Å². The van der Waals surface area contributed by atoms with Crippen LogP contribution in [0.4, 0.5) is 5.82 Å². The molecule has 0 radical (unpaired) electrons. The highest BCUT2D eigenvalue weighted by Crippen LogP contribution is 2.20. The van der Waals surface area contributed by atoms with Gasteiger partial charge in [-0.25, -0.2) is 0 Å². The maximum absolute atomic E-state index is 9.02. The number of hydrogen-bond acceptors (Lipinski definition) is 5. The molecule has 1 aliphatic rings. The molecule has 5 heteroatoms. The molecule has 0 aliphatic carbocycles. The molecule has 0 spiro atoms. The minimum absolute atomic E-state index is 0.0768. The van der Waals surface area contributed by atoms with Crippen molar-refractivity contribution in [3.8, 4) is 0 Å². The Bertz CT molecular complexity index is 315. The van der Waals surface area contributed by atoms with Crippen molar-refractivity contribution < 1.29 is 10.2 Å². The molecule has 0 bridgehead atoms. The normalized spacial score (nSPS) is 20.9. The number of rotatable bonds is 3. The van der Waals surface area contributed by atoms with Crippen LogP contribution in [0.3, 0.4) is 0 Å². The first-order chi connectivity index (χ1) is 7.33. The predicted octanol–water partition coefficient (Wildman–Crippen LogP) is -0.213. The molecule has 0 aromatic carbocycles. The molecular formula is C10H15N3O2. The van der Waals surface area contributed by atoms with Crippen LogP contribution in [0.2, 0.25) is 0 Å². The van der Waals surface area contributed by atoms with E-state index < -0.39 is 0 Å². The van der Waals surface area contributed by atoms with Crippen LogP contribution in [0.1, 0.15) is 12.1 Å². The fraction of sp³-hybridized carbons (Fsp3) is 0.600. The Morgan fingerprint density at radius 1 is 1.33 bits per heavy atom. The second-order valence-corrected chi connectivity index (χ2v) is 3.82. The molecule has 0 amide bonds. The van der Waals surface area contributed by atoms with Crippen molar-refractivity contribution in [2.45, 2.75) is 13.0 Å². The average molecular weight is 209 g/mol. The van der Waals surface area contributed by atoms with E-state index >= 15 is 0 Å². The molecule has 2 rings (SSSR count). The van der Waals surface area contributed by atoms with Crippen molar-refractivity contribution in [3.63, 3.8) is 0 Å². The molecule has 1 saturated heterocycles. The molecule has 1 unspecified atom stereocenters. The van der Waals surface area contributed by atoms with E-state index in [1.807, 2.05) is 6.07 Å². The van der Waals surface area contributed by atoms with Crippen LogP contribution in [0.5, 0.6) is 0 Å². The van der Waals surface area contributed by atoms with Gasteiger partial charge in [-0.2, -0.15) is 5.10 Å². The van der Waals surface area contributed by atoms with E-state index in [4.69, 9.17) is 10.2 Å². The average Bonchev–Trinajstić information content (AvgIpc) is 2.78. The van der Waals surface area contributed by atoms with Crippen molar-refractivity contribution in [2.75, 3.05) is 24.6 Å². The van der Waals surface area contributed by atoms with Crippen molar-refractivity contribution >= 4 is 5.82 Å². The fourth-order valence-corrected chi connectivity index (χ4v) is 1.80. The number of nitrogens with zero attached hydrogens (tertiary/aromatic N) is 3. The van der Waals surface area contributed by atoms with Gasteiger partial charge in [0.25, 0.3) is 0 Å². The van der Waals surface area contributed by atoms with Gasteiger partial charge in [-0.1, -0.05) is 0 Å². The van der Waals surface area contributed by atoms with Crippen molar-refractivity contribution in [2.24, 2.45) is 5.92 Å². The van der Waals surface area contributed by atoms with Crippen LogP contribution in [-0.2, 0) is 6.61 Å². The Hall–Kier alpha value is -1.20. The zero-order valence-electron chi connectivity index (χ0n) is 8.50. The lowest BCUT2D eigenvalue weighted by Crippen LogP contribution is -2.22. The minimum Gasteiger partial charge on any atom is -0.396 e. The van der Waals surface area contributed by atoms with Crippen molar-refractivity contribution in [1.29, 1.82) is 0 Å². The number of aliphatic hydroxyl groups is 2. The Kier molecular flexibility index (Phi) is 3.13. The summed E-state index contributed by atoms with van der Waals surface area (Å²) in [5.41, 5.74) is 0.580. The number of anilines is 1. The van der Waals surface area contributed by atoms with E-state index in [0.717, 1.165) is 25.3 Å². The largest absolute Gasteiger partial charge is 0.396 e. The van der Waals surface area contributed by atoms with Crippen LogP contribution < -0.4 is 4.90 Å². The Balaban J connectivity index is 2.04. The third-order valence-corrected chi connectivity index (χ3v) is 2.74. The first-order valence-corrected chi connectivity index (χ1v) is 5.12. The second-order valence-electron chi connectivity index (χ2n) is 3.82. The van der Waals surface area contributed by atoms with Crippen LogP contribution >= 0.6 is 0 Å². The Morgan fingerprint density at radius 2 is 2.20 bits per heavy atom. The van der Waals surface area contributed by atoms with Gasteiger partial charge in [0.05, 0.1) is 12.3 Å². The fourth-order valence-electron chi connectivity index (χ4n) is 1.80. The zero-order chi connectivity index (χ0) is 10.7. The second kappa shape index (κ2) is 4.55. The molecular weight excluding hydrogens is 194 g/mol. The summed E-state index contributed by atoms with van der Waals surface area (Å²) in [4.78, 5) is 2.11. The van der Waals surface area contributed by atoms with Crippen LogP contribution in [0.15, 0.2) is 12.1 Å². The van der Waals surface area contributed by atoms with Gasteiger partial charge in [0.15, 0.2) is 5.82 Å². The molecule has 5 nitrogen and oxygen atoms in total. The van der Waals surface area contributed by atoms with Gasteiger partial charge in [-0.05, 0) is 18.6 Å². The maximum atomic E-state index is 9.02. The molecule has 1 fully saturated rings. The number of aromatic nitrogens is 2. The summed E-state index contributed by atoms with van der Waals surface area (Å²) < 4.78 is 0. The molecule has 15 heavy (non-hydrogen) atoms. The van der Waals surface area contributed by atoms with E-state index in [1.54, 1.807) is 6.07 Å². The third kappa shape index (κ3) is 2.24. The van der Waals surface area contributed by atoms with Crippen molar-refractivity contribution in [1.82, 2.24) is 10.2 Å². The molecule has 82 valence electrons.